The second-order valence-electron chi connectivity index (χ2n) is 5.01. The number of thioether (sulfide) groups is 1. The summed E-state index contributed by atoms with van der Waals surface area (Å²) in [6.45, 7) is 5.16. The van der Waals surface area contributed by atoms with E-state index in [2.05, 4.69) is 17.1 Å². The summed E-state index contributed by atoms with van der Waals surface area (Å²) in [5.41, 5.74) is 0. The molecular formula is C13H24N2OS. The van der Waals surface area contributed by atoms with Gasteiger partial charge >= 0.3 is 0 Å². The first kappa shape index (κ1) is 13.2. The van der Waals surface area contributed by atoms with Gasteiger partial charge in [-0.2, -0.15) is 11.8 Å². The van der Waals surface area contributed by atoms with Crippen molar-refractivity contribution in [3.63, 3.8) is 0 Å². The summed E-state index contributed by atoms with van der Waals surface area (Å²) in [6, 6.07) is 0.111. The van der Waals surface area contributed by atoms with Crippen LogP contribution in [-0.4, -0.2) is 47.5 Å². The number of nitrogens with zero attached hydrogens (tertiary/aromatic N) is 1. The lowest BCUT2D eigenvalue weighted by Gasteiger charge is -2.26. The summed E-state index contributed by atoms with van der Waals surface area (Å²) in [4.78, 5) is 14.5. The van der Waals surface area contributed by atoms with Crippen LogP contribution < -0.4 is 5.32 Å². The number of hydrogen-bond acceptors (Lipinski definition) is 3. The Morgan fingerprint density at radius 2 is 2.24 bits per heavy atom. The lowest BCUT2D eigenvalue weighted by Crippen LogP contribution is -2.45. The van der Waals surface area contributed by atoms with Crippen molar-refractivity contribution in [2.75, 3.05) is 25.4 Å². The summed E-state index contributed by atoms with van der Waals surface area (Å²) in [5.74, 6) is 1.51. The van der Waals surface area contributed by atoms with Gasteiger partial charge in [-0.15, -0.1) is 0 Å². The van der Waals surface area contributed by atoms with Crippen LogP contribution in [0.1, 0.15) is 39.0 Å². The molecule has 2 rings (SSSR count). The van der Waals surface area contributed by atoms with E-state index in [9.17, 15) is 4.79 Å². The van der Waals surface area contributed by atoms with Gasteiger partial charge in [-0.25, -0.2) is 0 Å². The fourth-order valence-corrected chi connectivity index (χ4v) is 3.88. The molecule has 0 aromatic carbocycles. The van der Waals surface area contributed by atoms with E-state index in [0.29, 0.717) is 11.2 Å². The highest BCUT2D eigenvalue weighted by atomic mass is 32.2. The van der Waals surface area contributed by atoms with E-state index in [4.69, 9.17) is 0 Å². The van der Waals surface area contributed by atoms with Gasteiger partial charge in [0, 0.05) is 18.3 Å². The van der Waals surface area contributed by atoms with Crippen molar-refractivity contribution in [3.8, 4) is 0 Å². The van der Waals surface area contributed by atoms with Gasteiger partial charge in [0.15, 0.2) is 0 Å². The molecule has 3 nitrogen and oxygen atoms in total. The van der Waals surface area contributed by atoms with Gasteiger partial charge in [0.05, 0.1) is 6.04 Å². The third-order valence-corrected chi connectivity index (χ3v) is 4.89. The van der Waals surface area contributed by atoms with E-state index in [1.165, 1.54) is 19.3 Å². The van der Waals surface area contributed by atoms with Crippen molar-refractivity contribution < 1.29 is 4.79 Å². The summed E-state index contributed by atoms with van der Waals surface area (Å²) < 4.78 is 0. The maximum absolute atomic E-state index is 12.4. The summed E-state index contributed by atoms with van der Waals surface area (Å²) >= 11 is 2.01. The lowest BCUT2D eigenvalue weighted by molar-refractivity contribution is -0.132. The van der Waals surface area contributed by atoms with Crippen LogP contribution in [0, 0.1) is 0 Å². The van der Waals surface area contributed by atoms with Crippen molar-refractivity contribution in [1.82, 2.24) is 10.2 Å². The summed E-state index contributed by atoms with van der Waals surface area (Å²) in [6.07, 6.45) is 5.91. The van der Waals surface area contributed by atoms with Crippen LogP contribution in [0.3, 0.4) is 0 Å². The highest BCUT2D eigenvalue weighted by molar-refractivity contribution is 7.99. The molecule has 0 radical (unpaired) electrons. The van der Waals surface area contributed by atoms with E-state index >= 15 is 0 Å². The predicted octanol–water partition coefficient (Wildman–Crippen LogP) is 1.87. The molecule has 0 aliphatic carbocycles. The predicted molar refractivity (Wildman–Crippen MR) is 73.4 cm³/mol. The van der Waals surface area contributed by atoms with Crippen molar-refractivity contribution in [3.05, 3.63) is 0 Å². The molecule has 0 aromatic heterocycles. The fraction of sp³-hybridized carbons (Fsp3) is 0.923. The van der Waals surface area contributed by atoms with Gasteiger partial charge in [0.25, 0.3) is 0 Å². The summed E-state index contributed by atoms with van der Waals surface area (Å²) in [5, 5.41) is 3.98. The number of likely N-dealkylation sites (tertiary alicyclic amines) is 1. The third kappa shape index (κ3) is 3.62. The normalized spacial score (nSPS) is 30.3. The Hall–Kier alpha value is -0.220. The Balaban J connectivity index is 1.90. The number of amides is 1. The van der Waals surface area contributed by atoms with Crippen LogP contribution in [0.15, 0.2) is 0 Å². The third-order valence-electron chi connectivity index (χ3n) is 3.70. The molecule has 0 saturated carbocycles. The first-order valence-electron chi connectivity index (χ1n) is 6.95. The Kier molecular flexibility index (Phi) is 5.16. The first-order chi connectivity index (χ1) is 8.31. The largest absolute Gasteiger partial charge is 0.340 e. The zero-order valence-corrected chi connectivity index (χ0v) is 11.6. The van der Waals surface area contributed by atoms with Crippen LogP contribution in [-0.2, 0) is 4.79 Å². The van der Waals surface area contributed by atoms with Gasteiger partial charge in [0.2, 0.25) is 5.91 Å². The number of hydrogen-bond donors (Lipinski definition) is 1. The van der Waals surface area contributed by atoms with Crippen LogP contribution in [0.5, 0.6) is 0 Å². The Morgan fingerprint density at radius 3 is 2.94 bits per heavy atom. The van der Waals surface area contributed by atoms with Gasteiger partial charge < -0.3 is 10.2 Å². The highest BCUT2D eigenvalue weighted by Crippen LogP contribution is 2.23. The number of carbonyl (C=O) groups is 1. The van der Waals surface area contributed by atoms with Gasteiger partial charge in [-0.1, -0.05) is 13.3 Å². The van der Waals surface area contributed by atoms with Crippen molar-refractivity contribution >= 4 is 17.7 Å². The maximum Gasteiger partial charge on any atom is 0.239 e. The Bertz CT molecular complexity index is 254. The molecule has 2 atom stereocenters. The van der Waals surface area contributed by atoms with Gasteiger partial charge in [0.1, 0.15) is 0 Å². The molecular weight excluding hydrogens is 232 g/mol. The van der Waals surface area contributed by atoms with Crippen molar-refractivity contribution in [2.45, 2.75) is 50.3 Å². The van der Waals surface area contributed by atoms with Crippen LogP contribution in [0.25, 0.3) is 0 Å². The number of rotatable bonds is 3. The minimum absolute atomic E-state index is 0.111. The average molecular weight is 256 g/mol. The number of nitrogens with one attached hydrogen (secondary N) is 1. The van der Waals surface area contributed by atoms with E-state index in [0.717, 1.165) is 38.2 Å². The van der Waals surface area contributed by atoms with Crippen LogP contribution in [0.2, 0.25) is 0 Å². The molecule has 1 amide bonds. The van der Waals surface area contributed by atoms with E-state index in [1.807, 2.05) is 11.8 Å². The van der Waals surface area contributed by atoms with E-state index in [1.54, 1.807) is 0 Å². The molecule has 0 bridgehead atoms. The topological polar surface area (TPSA) is 32.3 Å². The van der Waals surface area contributed by atoms with Gasteiger partial charge in [-0.3, -0.25) is 4.79 Å². The van der Waals surface area contributed by atoms with Crippen LogP contribution >= 0.6 is 11.8 Å². The first-order valence-corrected chi connectivity index (χ1v) is 8.00. The molecule has 2 unspecified atom stereocenters. The van der Waals surface area contributed by atoms with Gasteiger partial charge in [-0.05, 0) is 38.0 Å². The molecule has 0 aromatic rings. The molecule has 1 N–H and O–H groups in total. The molecule has 2 aliphatic heterocycles. The second kappa shape index (κ2) is 6.64. The standard InChI is InChI=1S/C13H24N2OS/c1-2-17-11-6-3-4-9-15(10-11)13(16)12-7-5-8-14-12/h11-12,14H,2-10H2,1H3. The smallest absolute Gasteiger partial charge is 0.239 e. The molecule has 17 heavy (non-hydrogen) atoms. The van der Waals surface area contributed by atoms with Crippen molar-refractivity contribution in [2.24, 2.45) is 0 Å². The Labute approximate surface area is 109 Å². The molecule has 0 spiro atoms. The monoisotopic (exact) mass is 256 g/mol. The molecule has 2 saturated heterocycles. The minimum Gasteiger partial charge on any atom is -0.340 e. The zero-order valence-electron chi connectivity index (χ0n) is 10.8. The summed E-state index contributed by atoms with van der Waals surface area (Å²) in [7, 11) is 0. The molecule has 2 fully saturated rings. The minimum atomic E-state index is 0.111. The highest BCUT2D eigenvalue weighted by Gasteiger charge is 2.29. The Morgan fingerprint density at radius 1 is 1.35 bits per heavy atom. The van der Waals surface area contributed by atoms with E-state index in [-0.39, 0.29) is 6.04 Å². The zero-order chi connectivity index (χ0) is 12.1. The molecule has 2 heterocycles. The molecule has 4 heteroatoms. The fourth-order valence-electron chi connectivity index (χ4n) is 2.79. The molecule has 98 valence electrons. The van der Waals surface area contributed by atoms with E-state index < -0.39 is 0 Å². The second-order valence-corrected chi connectivity index (χ2v) is 6.58. The maximum atomic E-state index is 12.4. The van der Waals surface area contributed by atoms with Crippen molar-refractivity contribution in [1.29, 1.82) is 0 Å². The molecule has 2 aliphatic rings. The van der Waals surface area contributed by atoms with Crippen LogP contribution in [0.4, 0.5) is 0 Å². The quantitative estimate of drug-likeness (QED) is 0.837. The lowest BCUT2D eigenvalue weighted by atomic mass is 10.2. The average Bonchev–Trinajstić information content (AvgIpc) is 2.76. The number of carbonyl (C=O) groups excluding carboxylic acids is 1. The SMILES string of the molecule is CCSC1CCCCN(C(=O)C2CCCN2)C1.